The summed E-state index contributed by atoms with van der Waals surface area (Å²) in [7, 11) is 1.29. The molecule has 0 bridgehead atoms. The third-order valence-corrected chi connectivity index (χ3v) is 2.51. The molecule has 0 spiro atoms. The predicted octanol–water partition coefficient (Wildman–Crippen LogP) is 1.61. The van der Waals surface area contributed by atoms with E-state index >= 15 is 0 Å². The summed E-state index contributed by atoms with van der Waals surface area (Å²) in [4.78, 5) is 24.8. The van der Waals surface area contributed by atoms with Crippen LogP contribution in [0.15, 0.2) is 6.07 Å². The molecule has 1 aromatic heterocycles. The summed E-state index contributed by atoms with van der Waals surface area (Å²) in [5.74, 6) is -0.763. The van der Waals surface area contributed by atoms with Gasteiger partial charge in [-0.15, -0.1) is 0 Å². The lowest BCUT2D eigenvalue weighted by Gasteiger charge is -2.02. The van der Waals surface area contributed by atoms with E-state index in [1.807, 2.05) is 0 Å². The van der Waals surface area contributed by atoms with Crippen molar-refractivity contribution in [3.8, 4) is 0 Å². The SMILES string of the molecule is COC(=O)CCNC(=O)c1cc(Cl)c(Cl)[nH]1. The molecule has 5 nitrogen and oxygen atoms in total. The summed E-state index contributed by atoms with van der Waals surface area (Å²) >= 11 is 11.3. The van der Waals surface area contributed by atoms with E-state index in [4.69, 9.17) is 23.2 Å². The number of nitrogens with one attached hydrogen (secondary N) is 2. The third kappa shape index (κ3) is 3.43. The van der Waals surface area contributed by atoms with Crippen LogP contribution in [0.3, 0.4) is 0 Å². The molecule has 0 aliphatic rings. The molecule has 88 valence electrons. The van der Waals surface area contributed by atoms with Gasteiger partial charge in [0.1, 0.15) is 10.8 Å². The molecule has 1 heterocycles. The monoisotopic (exact) mass is 264 g/mol. The van der Waals surface area contributed by atoms with Gasteiger partial charge in [-0.05, 0) is 6.07 Å². The van der Waals surface area contributed by atoms with Crippen molar-refractivity contribution in [2.45, 2.75) is 6.42 Å². The van der Waals surface area contributed by atoms with Gasteiger partial charge < -0.3 is 15.0 Å². The van der Waals surface area contributed by atoms with Crippen LogP contribution >= 0.6 is 23.2 Å². The summed E-state index contributed by atoms with van der Waals surface area (Å²) in [6, 6.07) is 1.41. The molecule has 1 amide bonds. The van der Waals surface area contributed by atoms with Gasteiger partial charge in [-0.25, -0.2) is 0 Å². The Kier molecular flexibility index (Phi) is 4.64. The van der Waals surface area contributed by atoms with Gasteiger partial charge in [0.2, 0.25) is 0 Å². The Balaban J connectivity index is 2.44. The molecule has 0 aromatic carbocycles. The maximum absolute atomic E-state index is 11.5. The van der Waals surface area contributed by atoms with E-state index in [0.29, 0.717) is 0 Å². The van der Waals surface area contributed by atoms with Crippen LogP contribution in [0.1, 0.15) is 16.9 Å². The average molecular weight is 265 g/mol. The summed E-state index contributed by atoms with van der Waals surface area (Å²) in [5, 5.41) is 3.00. The van der Waals surface area contributed by atoms with Crippen LogP contribution < -0.4 is 5.32 Å². The fraction of sp³-hybridized carbons (Fsp3) is 0.333. The Morgan fingerprint density at radius 3 is 2.69 bits per heavy atom. The minimum absolute atomic E-state index is 0.115. The normalized spacial score (nSPS) is 9.94. The molecule has 7 heteroatoms. The zero-order chi connectivity index (χ0) is 12.1. The molecule has 0 radical (unpaired) electrons. The number of aromatic nitrogens is 1. The van der Waals surface area contributed by atoms with Crippen molar-refractivity contribution in [1.82, 2.24) is 10.3 Å². The van der Waals surface area contributed by atoms with E-state index in [0.717, 1.165) is 0 Å². The fourth-order valence-electron chi connectivity index (χ4n) is 1.00. The molecular formula is C9H10Cl2N2O3. The minimum Gasteiger partial charge on any atom is -0.469 e. The number of ether oxygens (including phenoxy) is 1. The fourth-order valence-corrected chi connectivity index (χ4v) is 1.31. The van der Waals surface area contributed by atoms with Crippen LogP contribution in [0.25, 0.3) is 0 Å². The minimum atomic E-state index is -0.386. The highest BCUT2D eigenvalue weighted by Crippen LogP contribution is 2.21. The van der Waals surface area contributed by atoms with Crippen LogP contribution in [0.4, 0.5) is 0 Å². The van der Waals surface area contributed by atoms with Gasteiger partial charge in [0.05, 0.1) is 18.6 Å². The van der Waals surface area contributed by atoms with Crippen molar-refractivity contribution in [3.05, 3.63) is 21.9 Å². The molecular weight excluding hydrogens is 255 g/mol. The highest BCUT2D eigenvalue weighted by Gasteiger charge is 2.11. The van der Waals surface area contributed by atoms with Gasteiger partial charge in [0.25, 0.3) is 5.91 Å². The van der Waals surface area contributed by atoms with Crippen LogP contribution in [-0.2, 0) is 9.53 Å². The Hall–Kier alpha value is -1.20. The number of aromatic amines is 1. The number of methoxy groups -OCH3 is 1. The van der Waals surface area contributed by atoms with E-state index in [1.165, 1.54) is 13.2 Å². The highest BCUT2D eigenvalue weighted by atomic mass is 35.5. The molecule has 1 aromatic rings. The number of rotatable bonds is 4. The Labute approximate surface area is 102 Å². The van der Waals surface area contributed by atoms with Crippen LogP contribution in [-0.4, -0.2) is 30.5 Å². The number of amides is 1. The van der Waals surface area contributed by atoms with E-state index < -0.39 is 0 Å². The van der Waals surface area contributed by atoms with Gasteiger partial charge in [-0.3, -0.25) is 9.59 Å². The standard InChI is InChI=1S/C9H10Cl2N2O3/c1-16-7(14)2-3-12-9(15)6-4-5(10)8(11)13-6/h4,13H,2-3H2,1H3,(H,12,15). The lowest BCUT2D eigenvalue weighted by atomic mass is 10.4. The lowest BCUT2D eigenvalue weighted by Crippen LogP contribution is -2.26. The second-order valence-corrected chi connectivity index (χ2v) is 3.71. The number of esters is 1. The molecule has 2 N–H and O–H groups in total. The van der Waals surface area contributed by atoms with Gasteiger partial charge in [-0.1, -0.05) is 23.2 Å². The number of carbonyl (C=O) groups excluding carboxylic acids is 2. The smallest absolute Gasteiger partial charge is 0.307 e. The first-order valence-corrected chi connectivity index (χ1v) is 5.19. The summed E-state index contributed by atoms with van der Waals surface area (Å²) in [6.07, 6.45) is 0.115. The van der Waals surface area contributed by atoms with E-state index in [-0.39, 0.29) is 40.7 Å². The number of hydrogen-bond donors (Lipinski definition) is 2. The maximum atomic E-state index is 11.5. The molecule has 0 saturated heterocycles. The predicted molar refractivity (Wildman–Crippen MR) is 59.8 cm³/mol. The van der Waals surface area contributed by atoms with Crippen molar-refractivity contribution < 1.29 is 14.3 Å². The Morgan fingerprint density at radius 1 is 1.50 bits per heavy atom. The third-order valence-electron chi connectivity index (χ3n) is 1.81. The molecule has 1 rings (SSSR count). The quantitative estimate of drug-likeness (QED) is 0.812. The molecule has 0 aliphatic heterocycles. The van der Waals surface area contributed by atoms with Crippen molar-refractivity contribution in [2.24, 2.45) is 0 Å². The number of halogens is 2. The average Bonchev–Trinajstić information content (AvgIpc) is 2.59. The first-order valence-electron chi connectivity index (χ1n) is 4.43. The van der Waals surface area contributed by atoms with E-state index in [1.54, 1.807) is 0 Å². The largest absolute Gasteiger partial charge is 0.469 e. The zero-order valence-electron chi connectivity index (χ0n) is 8.47. The molecule has 0 atom stereocenters. The molecule has 0 aliphatic carbocycles. The second-order valence-electron chi connectivity index (χ2n) is 2.93. The van der Waals surface area contributed by atoms with E-state index in [9.17, 15) is 9.59 Å². The van der Waals surface area contributed by atoms with Crippen LogP contribution in [0.2, 0.25) is 10.2 Å². The molecule has 0 unspecified atom stereocenters. The van der Waals surface area contributed by atoms with E-state index in [2.05, 4.69) is 15.0 Å². The van der Waals surface area contributed by atoms with Crippen molar-refractivity contribution >= 4 is 35.1 Å². The number of carbonyl (C=O) groups is 2. The van der Waals surface area contributed by atoms with Crippen molar-refractivity contribution in [3.63, 3.8) is 0 Å². The van der Waals surface area contributed by atoms with Gasteiger partial charge in [0.15, 0.2) is 0 Å². The molecule has 0 fully saturated rings. The molecule has 0 saturated carbocycles. The van der Waals surface area contributed by atoms with Gasteiger partial charge in [0, 0.05) is 6.54 Å². The topological polar surface area (TPSA) is 71.2 Å². The highest BCUT2D eigenvalue weighted by molar-refractivity contribution is 6.41. The zero-order valence-corrected chi connectivity index (χ0v) is 9.98. The second kappa shape index (κ2) is 5.77. The van der Waals surface area contributed by atoms with Gasteiger partial charge in [-0.2, -0.15) is 0 Å². The summed E-state index contributed by atoms with van der Waals surface area (Å²) < 4.78 is 4.42. The summed E-state index contributed by atoms with van der Waals surface area (Å²) in [5.41, 5.74) is 0.250. The number of H-pyrrole nitrogens is 1. The Bertz CT molecular complexity index is 384. The van der Waals surface area contributed by atoms with Crippen molar-refractivity contribution in [1.29, 1.82) is 0 Å². The number of hydrogen-bond acceptors (Lipinski definition) is 3. The first kappa shape index (κ1) is 12.9. The van der Waals surface area contributed by atoms with Crippen LogP contribution in [0, 0.1) is 0 Å². The van der Waals surface area contributed by atoms with Gasteiger partial charge >= 0.3 is 5.97 Å². The van der Waals surface area contributed by atoms with Crippen LogP contribution in [0.5, 0.6) is 0 Å². The lowest BCUT2D eigenvalue weighted by molar-refractivity contribution is -0.140. The molecule has 16 heavy (non-hydrogen) atoms. The Morgan fingerprint density at radius 2 is 2.19 bits per heavy atom. The maximum Gasteiger partial charge on any atom is 0.307 e. The van der Waals surface area contributed by atoms with Crippen molar-refractivity contribution in [2.75, 3.05) is 13.7 Å². The summed E-state index contributed by atoms with van der Waals surface area (Å²) in [6.45, 7) is 0.194. The first-order chi connectivity index (χ1) is 7.54.